The van der Waals surface area contributed by atoms with Crippen LogP contribution in [-0.4, -0.2) is 5.78 Å². The van der Waals surface area contributed by atoms with Crippen molar-refractivity contribution < 1.29 is 9.18 Å². The second-order valence-electron chi connectivity index (χ2n) is 3.47. The SMILES string of the molecule is CC(=O)Cc1c(C)c(C)cc(F)c1Br. The molecule has 0 fully saturated rings. The molecule has 0 amide bonds. The minimum atomic E-state index is -0.302. The van der Waals surface area contributed by atoms with Crippen molar-refractivity contribution in [1.29, 1.82) is 0 Å². The van der Waals surface area contributed by atoms with E-state index in [1.165, 1.54) is 13.0 Å². The molecule has 0 aromatic heterocycles. The lowest BCUT2D eigenvalue weighted by atomic mass is 9.99. The summed E-state index contributed by atoms with van der Waals surface area (Å²) in [6.45, 7) is 5.25. The van der Waals surface area contributed by atoms with Crippen molar-refractivity contribution in [2.45, 2.75) is 27.2 Å². The number of carbonyl (C=O) groups is 1. The molecule has 0 spiro atoms. The van der Waals surface area contributed by atoms with Crippen LogP contribution in [0.1, 0.15) is 23.6 Å². The van der Waals surface area contributed by atoms with Gasteiger partial charge in [-0.05, 0) is 59.5 Å². The number of ketones is 1. The van der Waals surface area contributed by atoms with E-state index in [2.05, 4.69) is 15.9 Å². The number of Topliss-reactive ketones (excluding diaryl/α,β-unsaturated/α-hetero) is 1. The van der Waals surface area contributed by atoms with Crippen molar-refractivity contribution in [3.8, 4) is 0 Å². The first-order valence-electron chi connectivity index (χ1n) is 4.37. The van der Waals surface area contributed by atoms with E-state index in [4.69, 9.17) is 0 Å². The van der Waals surface area contributed by atoms with E-state index in [0.717, 1.165) is 16.7 Å². The van der Waals surface area contributed by atoms with Crippen LogP contribution in [0, 0.1) is 19.7 Å². The fourth-order valence-electron chi connectivity index (χ4n) is 1.37. The molecular weight excluding hydrogens is 247 g/mol. The smallest absolute Gasteiger partial charge is 0.137 e. The van der Waals surface area contributed by atoms with Crippen molar-refractivity contribution in [2.24, 2.45) is 0 Å². The molecule has 0 aliphatic carbocycles. The highest BCUT2D eigenvalue weighted by atomic mass is 79.9. The zero-order valence-electron chi connectivity index (χ0n) is 8.45. The fraction of sp³-hybridized carbons (Fsp3) is 0.364. The van der Waals surface area contributed by atoms with Gasteiger partial charge in [0.2, 0.25) is 0 Å². The molecule has 0 atom stereocenters. The standard InChI is InChI=1S/C11H12BrFO/c1-6-4-10(13)11(12)9(8(6)3)5-7(2)14/h4H,5H2,1-3H3. The molecule has 1 aromatic rings. The highest BCUT2D eigenvalue weighted by Crippen LogP contribution is 2.27. The normalized spacial score (nSPS) is 10.4. The van der Waals surface area contributed by atoms with Crippen LogP contribution in [0.2, 0.25) is 0 Å². The molecule has 0 heterocycles. The Morgan fingerprint density at radius 1 is 1.50 bits per heavy atom. The number of benzene rings is 1. The van der Waals surface area contributed by atoms with Crippen molar-refractivity contribution >= 4 is 21.7 Å². The Balaban J connectivity index is 3.31. The van der Waals surface area contributed by atoms with Crippen molar-refractivity contribution in [3.63, 3.8) is 0 Å². The van der Waals surface area contributed by atoms with Crippen molar-refractivity contribution in [3.05, 3.63) is 33.0 Å². The van der Waals surface area contributed by atoms with Gasteiger partial charge in [0.1, 0.15) is 11.6 Å². The Labute approximate surface area is 91.5 Å². The molecule has 0 saturated carbocycles. The van der Waals surface area contributed by atoms with Crippen LogP contribution >= 0.6 is 15.9 Å². The molecule has 0 aliphatic rings. The van der Waals surface area contributed by atoms with Gasteiger partial charge in [-0.3, -0.25) is 4.79 Å². The van der Waals surface area contributed by atoms with E-state index < -0.39 is 0 Å². The summed E-state index contributed by atoms with van der Waals surface area (Å²) in [5, 5.41) is 0. The van der Waals surface area contributed by atoms with E-state index in [1.807, 2.05) is 13.8 Å². The zero-order chi connectivity index (χ0) is 10.9. The Bertz CT molecular complexity index is 359. The maximum Gasteiger partial charge on any atom is 0.137 e. The Kier molecular flexibility index (Phi) is 3.43. The first-order chi connectivity index (χ1) is 6.43. The average Bonchev–Trinajstić information content (AvgIpc) is 2.09. The van der Waals surface area contributed by atoms with Crippen LogP contribution in [0.5, 0.6) is 0 Å². The minimum Gasteiger partial charge on any atom is -0.300 e. The molecule has 1 nitrogen and oxygen atoms in total. The van der Waals surface area contributed by atoms with Gasteiger partial charge in [-0.25, -0.2) is 4.39 Å². The number of aryl methyl sites for hydroxylation is 1. The lowest BCUT2D eigenvalue weighted by Crippen LogP contribution is -2.03. The van der Waals surface area contributed by atoms with E-state index in [1.54, 1.807) is 0 Å². The number of rotatable bonds is 2. The predicted molar refractivity (Wildman–Crippen MR) is 58.0 cm³/mol. The van der Waals surface area contributed by atoms with Crippen LogP contribution in [0.4, 0.5) is 4.39 Å². The van der Waals surface area contributed by atoms with Crippen LogP contribution in [0.25, 0.3) is 0 Å². The summed E-state index contributed by atoms with van der Waals surface area (Å²) in [6, 6.07) is 1.48. The van der Waals surface area contributed by atoms with E-state index in [9.17, 15) is 9.18 Å². The minimum absolute atomic E-state index is 0.0406. The summed E-state index contributed by atoms with van der Waals surface area (Å²) in [6.07, 6.45) is 0.283. The van der Waals surface area contributed by atoms with E-state index in [0.29, 0.717) is 4.47 Å². The van der Waals surface area contributed by atoms with Crippen molar-refractivity contribution in [1.82, 2.24) is 0 Å². The number of halogens is 2. The number of hydrogen-bond acceptors (Lipinski definition) is 1. The van der Waals surface area contributed by atoms with Crippen molar-refractivity contribution in [2.75, 3.05) is 0 Å². The second-order valence-corrected chi connectivity index (χ2v) is 4.26. The van der Waals surface area contributed by atoms with Gasteiger partial charge in [0.25, 0.3) is 0 Å². The van der Waals surface area contributed by atoms with Crippen LogP contribution in [0.3, 0.4) is 0 Å². The molecule has 1 rings (SSSR count). The molecule has 76 valence electrons. The third kappa shape index (κ3) is 2.21. The monoisotopic (exact) mass is 258 g/mol. The first kappa shape index (κ1) is 11.4. The largest absolute Gasteiger partial charge is 0.300 e. The molecule has 1 aromatic carbocycles. The molecule has 0 N–H and O–H groups in total. The zero-order valence-corrected chi connectivity index (χ0v) is 10.0. The maximum atomic E-state index is 13.3. The number of carbonyl (C=O) groups excluding carboxylic acids is 1. The summed E-state index contributed by atoms with van der Waals surface area (Å²) in [5.74, 6) is -0.261. The van der Waals surface area contributed by atoms with Crippen LogP contribution < -0.4 is 0 Å². The van der Waals surface area contributed by atoms with E-state index >= 15 is 0 Å². The fourth-order valence-corrected chi connectivity index (χ4v) is 1.92. The summed E-state index contributed by atoms with van der Waals surface area (Å²) in [4.78, 5) is 11.0. The lowest BCUT2D eigenvalue weighted by Gasteiger charge is -2.10. The molecule has 0 unspecified atom stereocenters. The van der Waals surface area contributed by atoms with Gasteiger partial charge in [-0.15, -0.1) is 0 Å². The first-order valence-corrected chi connectivity index (χ1v) is 5.16. The predicted octanol–water partition coefficient (Wildman–Crippen LogP) is 3.34. The summed E-state index contributed by atoms with van der Waals surface area (Å²) < 4.78 is 13.7. The number of hydrogen-bond donors (Lipinski definition) is 0. The van der Waals surface area contributed by atoms with Gasteiger partial charge in [0.15, 0.2) is 0 Å². The molecule has 0 aliphatic heterocycles. The van der Waals surface area contributed by atoms with Crippen LogP contribution in [0.15, 0.2) is 10.5 Å². The van der Waals surface area contributed by atoms with Gasteiger partial charge in [-0.2, -0.15) is 0 Å². The maximum absolute atomic E-state index is 13.3. The topological polar surface area (TPSA) is 17.1 Å². The van der Waals surface area contributed by atoms with Gasteiger partial charge in [0.05, 0.1) is 4.47 Å². The van der Waals surface area contributed by atoms with Gasteiger partial charge in [0, 0.05) is 6.42 Å². The van der Waals surface area contributed by atoms with Gasteiger partial charge in [-0.1, -0.05) is 0 Å². The second kappa shape index (κ2) is 4.22. The summed E-state index contributed by atoms with van der Waals surface area (Å²) >= 11 is 3.17. The molecule has 14 heavy (non-hydrogen) atoms. The quantitative estimate of drug-likeness (QED) is 0.796. The van der Waals surface area contributed by atoms with Gasteiger partial charge >= 0.3 is 0 Å². The third-order valence-corrected chi connectivity index (χ3v) is 3.15. The van der Waals surface area contributed by atoms with Gasteiger partial charge < -0.3 is 0 Å². The highest BCUT2D eigenvalue weighted by molar-refractivity contribution is 9.10. The molecule has 0 radical (unpaired) electrons. The Morgan fingerprint density at radius 3 is 2.57 bits per heavy atom. The molecule has 0 bridgehead atoms. The van der Waals surface area contributed by atoms with E-state index in [-0.39, 0.29) is 18.0 Å². The average molecular weight is 259 g/mol. The summed E-state index contributed by atoms with van der Waals surface area (Å²) in [5.41, 5.74) is 2.62. The van der Waals surface area contributed by atoms with Crippen LogP contribution in [-0.2, 0) is 11.2 Å². The summed E-state index contributed by atoms with van der Waals surface area (Å²) in [7, 11) is 0. The third-order valence-electron chi connectivity index (χ3n) is 2.29. The Morgan fingerprint density at radius 2 is 2.07 bits per heavy atom. The highest BCUT2D eigenvalue weighted by Gasteiger charge is 2.12. The molecular formula is C11H12BrFO. The Hall–Kier alpha value is -0.700. The molecule has 3 heteroatoms. The lowest BCUT2D eigenvalue weighted by molar-refractivity contribution is -0.116. The molecule has 0 saturated heterocycles.